The second-order valence-corrected chi connectivity index (χ2v) is 2.97. The third-order valence-corrected chi connectivity index (χ3v) is 2.28. The predicted molar refractivity (Wildman–Crippen MR) is 43.4 cm³/mol. The van der Waals surface area contributed by atoms with Crippen LogP contribution >= 0.6 is 15.9 Å². The summed E-state index contributed by atoms with van der Waals surface area (Å²) in [6, 6.07) is 0.742. The zero-order valence-electron chi connectivity index (χ0n) is 5.88. The first kappa shape index (κ1) is 9.28. The summed E-state index contributed by atoms with van der Waals surface area (Å²) in [5.74, 6) is -1.79. The maximum atomic E-state index is 12.8. The van der Waals surface area contributed by atoms with Crippen molar-refractivity contribution < 1.29 is 19.7 Å². The number of rotatable bonds is 1. The molecular weight excluding hydrogens is 231 g/mol. The fourth-order valence-electron chi connectivity index (χ4n) is 0.781. The maximum absolute atomic E-state index is 12.8. The number of hydrogen-bond acceptors (Lipinski definition) is 3. The van der Waals surface area contributed by atoms with Crippen LogP contribution in [0.4, 0.5) is 4.39 Å². The van der Waals surface area contributed by atoms with Crippen LogP contribution in [0.5, 0.6) is 11.5 Å². The molecule has 1 aromatic rings. The number of halogens is 2. The molecule has 0 bridgehead atoms. The molecule has 0 saturated carbocycles. The number of aliphatic hydroxyl groups is 1. The topological polar surface area (TPSA) is 60.7 Å². The van der Waals surface area contributed by atoms with E-state index in [9.17, 15) is 4.39 Å². The molecule has 0 aliphatic carbocycles. The van der Waals surface area contributed by atoms with Gasteiger partial charge in [-0.1, -0.05) is 0 Å². The largest absolute Gasteiger partial charge is 0.504 e. The van der Waals surface area contributed by atoms with Gasteiger partial charge in [-0.2, -0.15) is 0 Å². The molecule has 0 unspecified atom stereocenters. The van der Waals surface area contributed by atoms with Crippen LogP contribution in [0, 0.1) is 5.82 Å². The third-order valence-electron chi connectivity index (χ3n) is 1.43. The fraction of sp³-hybridized carbons (Fsp3) is 0.143. The van der Waals surface area contributed by atoms with Gasteiger partial charge in [0.1, 0.15) is 5.82 Å². The van der Waals surface area contributed by atoms with Crippen molar-refractivity contribution in [3.8, 4) is 11.5 Å². The molecule has 0 radical (unpaired) electrons. The standard InChI is InChI=1S/C7H6BrFO3/c8-6-3(2-10)4(9)1-5(11)7(6)12/h1,10-12H,2H2. The monoisotopic (exact) mass is 236 g/mol. The molecule has 3 nitrogen and oxygen atoms in total. The number of hydrogen-bond donors (Lipinski definition) is 3. The lowest BCUT2D eigenvalue weighted by molar-refractivity contribution is 0.273. The Morgan fingerprint density at radius 1 is 1.42 bits per heavy atom. The molecule has 1 aromatic carbocycles. The van der Waals surface area contributed by atoms with Gasteiger partial charge in [-0.25, -0.2) is 4.39 Å². The molecule has 3 N–H and O–H groups in total. The smallest absolute Gasteiger partial charge is 0.172 e. The minimum atomic E-state index is -0.764. The minimum Gasteiger partial charge on any atom is -0.504 e. The summed E-state index contributed by atoms with van der Waals surface area (Å²) in [5.41, 5.74) is -0.0784. The highest BCUT2D eigenvalue weighted by atomic mass is 79.9. The Balaban J connectivity index is 3.40. The van der Waals surface area contributed by atoms with Crippen molar-refractivity contribution in [2.45, 2.75) is 6.61 Å². The van der Waals surface area contributed by atoms with Gasteiger partial charge < -0.3 is 15.3 Å². The Morgan fingerprint density at radius 3 is 2.50 bits per heavy atom. The molecule has 0 amide bonds. The number of phenols is 2. The number of benzene rings is 1. The Kier molecular flexibility index (Phi) is 2.54. The average molecular weight is 237 g/mol. The second-order valence-electron chi connectivity index (χ2n) is 2.18. The van der Waals surface area contributed by atoms with Crippen molar-refractivity contribution in [3.63, 3.8) is 0 Å². The van der Waals surface area contributed by atoms with Gasteiger partial charge >= 0.3 is 0 Å². The maximum Gasteiger partial charge on any atom is 0.172 e. The van der Waals surface area contributed by atoms with E-state index in [1.165, 1.54) is 0 Å². The van der Waals surface area contributed by atoms with Crippen LogP contribution in [0.3, 0.4) is 0 Å². The number of aromatic hydroxyl groups is 2. The summed E-state index contributed by atoms with van der Waals surface area (Å²) in [6.07, 6.45) is 0. The van der Waals surface area contributed by atoms with Crippen LogP contribution in [0.15, 0.2) is 10.5 Å². The average Bonchev–Trinajstić information content (AvgIpc) is 2.01. The van der Waals surface area contributed by atoms with Crippen LogP contribution in [-0.4, -0.2) is 15.3 Å². The van der Waals surface area contributed by atoms with E-state index in [1.807, 2.05) is 0 Å². The molecule has 0 aliphatic heterocycles. The molecule has 0 fully saturated rings. The van der Waals surface area contributed by atoms with Gasteiger partial charge in [0.05, 0.1) is 11.1 Å². The zero-order chi connectivity index (χ0) is 9.30. The molecule has 0 aliphatic rings. The number of phenolic OH excluding ortho intramolecular Hbond substituents is 2. The molecule has 0 saturated heterocycles. The second kappa shape index (κ2) is 3.28. The molecule has 1 rings (SSSR count). The molecule has 5 heteroatoms. The van der Waals surface area contributed by atoms with Gasteiger partial charge in [-0.3, -0.25) is 0 Å². The van der Waals surface area contributed by atoms with E-state index in [0.717, 1.165) is 6.07 Å². The normalized spacial score (nSPS) is 10.2. The summed E-state index contributed by atoms with van der Waals surface area (Å²) in [4.78, 5) is 0. The molecule has 12 heavy (non-hydrogen) atoms. The highest BCUT2D eigenvalue weighted by molar-refractivity contribution is 9.10. The van der Waals surface area contributed by atoms with Gasteiger partial charge in [-0.15, -0.1) is 0 Å². The van der Waals surface area contributed by atoms with Crippen LogP contribution in [0.1, 0.15) is 5.56 Å². The third kappa shape index (κ3) is 1.37. The van der Waals surface area contributed by atoms with Crippen molar-refractivity contribution in [2.24, 2.45) is 0 Å². The summed E-state index contributed by atoms with van der Waals surface area (Å²) in [6.45, 7) is -0.541. The van der Waals surface area contributed by atoms with Gasteiger partial charge in [0.15, 0.2) is 11.5 Å². The van der Waals surface area contributed by atoms with E-state index in [4.69, 9.17) is 15.3 Å². The fourth-order valence-corrected chi connectivity index (χ4v) is 1.30. The highest BCUT2D eigenvalue weighted by Gasteiger charge is 2.14. The lowest BCUT2D eigenvalue weighted by Crippen LogP contribution is -1.91. The first-order chi connectivity index (χ1) is 5.57. The zero-order valence-corrected chi connectivity index (χ0v) is 7.47. The van der Waals surface area contributed by atoms with E-state index >= 15 is 0 Å². The Labute approximate surface area is 76.2 Å². The summed E-state index contributed by atoms with van der Waals surface area (Å²) in [5, 5.41) is 26.6. The lowest BCUT2D eigenvalue weighted by Gasteiger charge is -2.06. The van der Waals surface area contributed by atoms with E-state index in [0.29, 0.717) is 0 Å². The molecule has 0 spiro atoms. The lowest BCUT2D eigenvalue weighted by atomic mass is 10.2. The Hall–Kier alpha value is -0.810. The van der Waals surface area contributed by atoms with Crippen molar-refractivity contribution in [3.05, 3.63) is 21.9 Å². The Bertz CT molecular complexity index is 314. The van der Waals surface area contributed by atoms with E-state index in [-0.39, 0.29) is 10.0 Å². The quantitative estimate of drug-likeness (QED) is 0.648. The van der Waals surface area contributed by atoms with E-state index in [1.54, 1.807) is 0 Å². The van der Waals surface area contributed by atoms with Crippen LogP contribution < -0.4 is 0 Å². The predicted octanol–water partition coefficient (Wildman–Crippen LogP) is 1.49. The molecule has 0 aromatic heterocycles. The first-order valence-corrected chi connectivity index (χ1v) is 3.87. The molecule has 66 valence electrons. The molecule has 0 atom stereocenters. The van der Waals surface area contributed by atoms with Gasteiger partial charge in [0.25, 0.3) is 0 Å². The Morgan fingerprint density at radius 2 is 2.00 bits per heavy atom. The van der Waals surface area contributed by atoms with Crippen molar-refractivity contribution in [1.82, 2.24) is 0 Å². The van der Waals surface area contributed by atoms with Gasteiger partial charge in [-0.05, 0) is 15.9 Å². The molecule has 0 heterocycles. The SMILES string of the molecule is OCc1c(F)cc(O)c(O)c1Br. The van der Waals surface area contributed by atoms with Gasteiger partial charge in [0, 0.05) is 11.6 Å². The van der Waals surface area contributed by atoms with Crippen molar-refractivity contribution in [1.29, 1.82) is 0 Å². The summed E-state index contributed by atoms with van der Waals surface area (Å²) in [7, 11) is 0. The molecular formula is C7H6BrFO3. The van der Waals surface area contributed by atoms with Crippen LogP contribution in [0.2, 0.25) is 0 Å². The van der Waals surface area contributed by atoms with Crippen LogP contribution in [-0.2, 0) is 6.61 Å². The minimum absolute atomic E-state index is 0.0255. The van der Waals surface area contributed by atoms with Crippen molar-refractivity contribution in [2.75, 3.05) is 0 Å². The van der Waals surface area contributed by atoms with Crippen molar-refractivity contribution >= 4 is 15.9 Å². The summed E-state index contributed by atoms with van der Waals surface area (Å²) >= 11 is 2.83. The first-order valence-electron chi connectivity index (χ1n) is 3.07. The van der Waals surface area contributed by atoms with Gasteiger partial charge in [0.2, 0.25) is 0 Å². The highest BCUT2D eigenvalue weighted by Crippen LogP contribution is 2.37. The van der Waals surface area contributed by atoms with Crippen LogP contribution in [0.25, 0.3) is 0 Å². The number of aliphatic hydroxyl groups excluding tert-OH is 1. The van der Waals surface area contributed by atoms with E-state index in [2.05, 4.69) is 15.9 Å². The van der Waals surface area contributed by atoms with E-state index < -0.39 is 23.9 Å². The summed E-state index contributed by atoms with van der Waals surface area (Å²) < 4.78 is 12.8.